The summed E-state index contributed by atoms with van der Waals surface area (Å²) in [5, 5.41) is 23.3. The molecule has 4 rings (SSSR count). The summed E-state index contributed by atoms with van der Waals surface area (Å²) in [6.07, 6.45) is 2.19. The number of nitrogens with zero attached hydrogens (tertiary/aromatic N) is 4. The molecule has 0 aliphatic carbocycles. The first-order chi connectivity index (χ1) is 16.7. The van der Waals surface area contributed by atoms with Crippen molar-refractivity contribution in [3.8, 4) is 17.1 Å². The molecule has 188 valence electrons. The summed E-state index contributed by atoms with van der Waals surface area (Å²) in [6, 6.07) is 4.50. The first-order valence-electron chi connectivity index (χ1n) is 11.8. The van der Waals surface area contributed by atoms with Crippen LogP contribution in [0.2, 0.25) is 5.82 Å². The normalized spacial score (nSPS) is 15.6. The zero-order valence-corrected chi connectivity index (χ0v) is 20.9. The molecule has 3 aromatic rings. The van der Waals surface area contributed by atoms with Gasteiger partial charge in [0.2, 0.25) is 10.0 Å². The molecule has 13 heteroatoms. The van der Waals surface area contributed by atoms with Crippen LogP contribution in [-0.2, 0) is 23.5 Å². The second-order valence-corrected chi connectivity index (χ2v) is 10.6. The van der Waals surface area contributed by atoms with Gasteiger partial charge in [-0.25, -0.2) is 13.4 Å². The maximum absolute atomic E-state index is 13.4. The van der Waals surface area contributed by atoms with Gasteiger partial charge in [-0.3, -0.25) is 9.48 Å². The molecule has 0 amide bonds. The van der Waals surface area contributed by atoms with Gasteiger partial charge in [0.25, 0.3) is 5.56 Å². The smallest absolute Gasteiger partial charge is 0.454 e. The van der Waals surface area contributed by atoms with Crippen molar-refractivity contribution in [1.82, 2.24) is 24.1 Å². The lowest BCUT2D eigenvalue weighted by Crippen LogP contribution is -2.40. The monoisotopic (exact) mass is 503 g/mol. The maximum atomic E-state index is 13.4. The van der Waals surface area contributed by atoms with E-state index < -0.39 is 17.1 Å². The standard InChI is InChI=1S/C22H30BN5O6S/c1-4-6-17-19-20(27(3)26-17)22(29)25-21(24-19)16-13-15(7-8-18(16)34-5-2)35(32,33)28-11-9-14(10-12-28)23(30)31/h7-8,13-14,30-31H,4-6,9-12H2,1-3H3,(H,24,25,29). The van der Waals surface area contributed by atoms with Crippen molar-refractivity contribution in [2.75, 3.05) is 19.7 Å². The van der Waals surface area contributed by atoms with Crippen molar-refractivity contribution in [2.45, 2.75) is 50.2 Å². The lowest BCUT2D eigenvalue weighted by Gasteiger charge is -2.30. The van der Waals surface area contributed by atoms with E-state index in [-0.39, 0.29) is 35.2 Å². The molecule has 0 radical (unpaired) electrons. The van der Waals surface area contributed by atoms with Crippen molar-refractivity contribution in [2.24, 2.45) is 7.05 Å². The zero-order chi connectivity index (χ0) is 25.3. The Balaban J connectivity index is 1.79. The molecule has 1 fully saturated rings. The number of nitrogens with one attached hydrogen (secondary N) is 1. The van der Waals surface area contributed by atoms with Crippen LogP contribution in [0.25, 0.3) is 22.4 Å². The number of piperidine rings is 1. The van der Waals surface area contributed by atoms with Crippen LogP contribution in [0.3, 0.4) is 0 Å². The van der Waals surface area contributed by atoms with Gasteiger partial charge in [-0.15, -0.1) is 0 Å². The number of aromatic amines is 1. The lowest BCUT2D eigenvalue weighted by molar-refractivity contribution is 0.302. The average Bonchev–Trinajstić information content (AvgIpc) is 3.15. The lowest BCUT2D eigenvalue weighted by atomic mass is 9.68. The van der Waals surface area contributed by atoms with E-state index in [4.69, 9.17) is 4.74 Å². The summed E-state index contributed by atoms with van der Waals surface area (Å²) in [7, 11) is -3.63. The molecule has 0 saturated carbocycles. The van der Waals surface area contributed by atoms with Gasteiger partial charge in [0.05, 0.1) is 22.8 Å². The molecule has 2 aromatic heterocycles. The number of sulfonamides is 1. The Morgan fingerprint density at radius 1 is 1.23 bits per heavy atom. The van der Waals surface area contributed by atoms with Gasteiger partial charge in [0.1, 0.15) is 17.1 Å². The van der Waals surface area contributed by atoms with Gasteiger partial charge in [-0.2, -0.15) is 9.40 Å². The van der Waals surface area contributed by atoms with E-state index in [9.17, 15) is 23.3 Å². The van der Waals surface area contributed by atoms with Gasteiger partial charge >= 0.3 is 7.12 Å². The Bertz CT molecular complexity index is 1380. The Morgan fingerprint density at radius 2 is 1.94 bits per heavy atom. The molecule has 1 aromatic carbocycles. The number of hydrogen-bond acceptors (Lipinski definition) is 8. The van der Waals surface area contributed by atoms with E-state index >= 15 is 0 Å². The third-order valence-electron chi connectivity index (χ3n) is 6.31. The van der Waals surface area contributed by atoms with E-state index in [0.717, 1.165) is 6.42 Å². The fourth-order valence-corrected chi connectivity index (χ4v) is 5.98. The molecule has 0 atom stereocenters. The highest BCUT2D eigenvalue weighted by molar-refractivity contribution is 7.89. The molecule has 1 aliphatic heterocycles. The minimum Gasteiger partial charge on any atom is -0.493 e. The second-order valence-electron chi connectivity index (χ2n) is 8.68. The molecule has 0 spiro atoms. The summed E-state index contributed by atoms with van der Waals surface area (Å²) in [4.78, 5) is 20.4. The van der Waals surface area contributed by atoms with Gasteiger partial charge in [0.15, 0.2) is 5.52 Å². The summed E-state index contributed by atoms with van der Waals surface area (Å²) >= 11 is 0. The molecular weight excluding hydrogens is 473 g/mol. The maximum Gasteiger partial charge on any atom is 0.454 e. The Hall–Kier alpha value is -2.74. The molecule has 0 unspecified atom stereocenters. The molecule has 1 saturated heterocycles. The van der Waals surface area contributed by atoms with Crippen molar-refractivity contribution >= 4 is 28.2 Å². The number of aromatic nitrogens is 4. The van der Waals surface area contributed by atoms with E-state index in [0.29, 0.717) is 53.9 Å². The van der Waals surface area contributed by atoms with E-state index in [1.165, 1.54) is 21.1 Å². The van der Waals surface area contributed by atoms with Gasteiger partial charge in [0, 0.05) is 20.1 Å². The average molecular weight is 503 g/mol. The van der Waals surface area contributed by atoms with Crippen molar-refractivity contribution in [3.63, 3.8) is 0 Å². The fraction of sp³-hybridized carbons (Fsp3) is 0.500. The highest BCUT2D eigenvalue weighted by atomic mass is 32.2. The largest absolute Gasteiger partial charge is 0.493 e. The minimum atomic E-state index is -3.86. The van der Waals surface area contributed by atoms with E-state index in [1.807, 2.05) is 13.8 Å². The van der Waals surface area contributed by atoms with Gasteiger partial charge in [-0.05, 0) is 50.2 Å². The van der Waals surface area contributed by atoms with Crippen LogP contribution in [0, 0.1) is 0 Å². The Morgan fingerprint density at radius 3 is 2.57 bits per heavy atom. The number of rotatable bonds is 8. The van der Waals surface area contributed by atoms with Crippen molar-refractivity contribution in [3.05, 3.63) is 34.2 Å². The highest BCUT2D eigenvalue weighted by Crippen LogP contribution is 2.34. The predicted octanol–water partition coefficient (Wildman–Crippen LogP) is 1.30. The van der Waals surface area contributed by atoms with Crippen LogP contribution in [0.4, 0.5) is 0 Å². The Labute approximate surface area is 204 Å². The minimum absolute atomic E-state index is 0.0432. The van der Waals surface area contributed by atoms with Crippen LogP contribution < -0.4 is 10.3 Å². The van der Waals surface area contributed by atoms with Crippen LogP contribution in [0.5, 0.6) is 5.75 Å². The van der Waals surface area contributed by atoms with Gasteiger partial charge in [-0.1, -0.05) is 13.3 Å². The number of benzene rings is 1. The van der Waals surface area contributed by atoms with E-state index in [1.54, 1.807) is 13.1 Å². The first-order valence-corrected chi connectivity index (χ1v) is 13.2. The molecule has 1 aliphatic rings. The fourth-order valence-electron chi connectivity index (χ4n) is 4.48. The van der Waals surface area contributed by atoms with Crippen LogP contribution in [0.1, 0.15) is 38.8 Å². The van der Waals surface area contributed by atoms with Crippen LogP contribution in [-0.4, -0.2) is 69.3 Å². The SMILES string of the molecule is CCCc1nn(C)c2c(=O)[nH]c(-c3cc(S(=O)(=O)N4CCC(B(O)O)CC4)ccc3OCC)nc12. The van der Waals surface area contributed by atoms with Crippen LogP contribution in [0.15, 0.2) is 27.9 Å². The van der Waals surface area contributed by atoms with E-state index in [2.05, 4.69) is 15.1 Å². The quantitative estimate of drug-likeness (QED) is 0.390. The number of hydrogen-bond donors (Lipinski definition) is 3. The second kappa shape index (κ2) is 10.1. The highest BCUT2D eigenvalue weighted by Gasteiger charge is 2.34. The Kier molecular flexibility index (Phi) is 7.31. The number of aryl methyl sites for hydroxylation is 2. The molecule has 3 N–H and O–H groups in total. The molecular formula is C22H30BN5O6S. The summed E-state index contributed by atoms with van der Waals surface area (Å²) in [5.41, 5.74) is 1.52. The summed E-state index contributed by atoms with van der Waals surface area (Å²) in [5.74, 6) is 0.252. The number of fused-ring (bicyclic) bond motifs is 1. The predicted molar refractivity (Wildman–Crippen MR) is 132 cm³/mol. The molecule has 3 heterocycles. The molecule has 0 bridgehead atoms. The van der Waals surface area contributed by atoms with Crippen molar-refractivity contribution < 1.29 is 23.2 Å². The van der Waals surface area contributed by atoms with Crippen molar-refractivity contribution in [1.29, 1.82) is 0 Å². The molecule has 11 nitrogen and oxygen atoms in total. The molecule has 35 heavy (non-hydrogen) atoms. The van der Waals surface area contributed by atoms with Crippen LogP contribution >= 0.6 is 0 Å². The first kappa shape index (κ1) is 25.4. The summed E-state index contributed by atoms with van der Waals surface area (Å²) < 4.78 is 35.4. The summed E-state index contributed by atoms with van der Waals surface area (Å²) in [6.45, 7) is 4.54. The number of H-pyrrole nitrogens is 1. The third-order valence-corrected chi connectivity index (χ3v) is 8.21. The zero-order valence-electron chi connectivity index (χ0n) is 20.1. The topological polar surface area (TPSA) is 151 Å². The van der Waals surface area contributed by atoms with Gasteiger partial charge < -0.3 is 19.8 Å². The number of ether oxygens (including phenoxy) is 1. The third kappa shape index (κ3) is 4.85.